The summed E-state index contributed by atoms with van der Waals surface area (Å²) in [6, 6.07) is 13.8. The van der Waals surface area contributed by atoms with Gasteiger partial charge < -0.3 is 14.8 Å². The number of likely N-dealkylation sites (tertiary alicyclic amines) is 1. The number of hydrogen-bond donors (Lipinski definition) is 1. The zero-order valence-electron chi connectivity index (χ0n) is 20.5. The lowest BCUT2D eigenvalue weighted by Gasteiger charge is -2.41. The number of nitrogens with zero attached hydrogens (tertiary/aromatic N) is 2. The quantitative estimate of drug-likeness (QED) is 0.523. The number of nitrogens with one attached hydrogen (secondary N) is 1. The van der Waals surface area contributed by atoms with Crippen LogP contribution in [-0.2, 0) is 22.5 Å². The number of hydrogen-bond acceptors (Lipinski definition) is 5. The Morgan fingerprint density at radius 3 is 2.49 bits per heavy atom. The van der Waals surface area contributed by atoms with Crippen LogP contribution in [0.5, 0.6) is 5.75 Å². The number of ether oxygens (including phenoxy) is 2. The Labute approximate surface area is 206 Å². The van der Waals surface area contributed by atoms with Gasteiger partial charge in [-0.25, -0.2) is 9.18 Å². The van der Waals surface area contributed by atoms with E-state index in [1.807, 2.05) is 25.1 Å². The summed E-state index contributed by atoms with van der Waals surface area (Å²) in [6.07, 6.45) is 1.86. The molecule has 0 spiro atoms. The summed E-state index contributed by atoms with van der Waals surface area (Å²) in [5.41, 5.74) is 0.921. The Bertz CT molecular complexity index is 1020. The molecule has 188 valence electrons. The van der Waals surface area contributed by atoms with E-state index < -0.39 is 5.54 Å². The standard InChI is InChI=1S/C27H34FN3O4/c1-3-35-24-7-5-4-6-21(24)19-30-14-12-22(13-15-30)27(18-20-8-10-23(28)11-9-20)25(32)31(16-17-34-2)26(33)29-27/h4-11,22H,3,12-19H2,1-2H3,(H,29,33)/t27-/m0/s1. The average Bonchev–Trinajstić information content (AvgIpc) is 3.10. The lowest BCUT2D eigenvalue weighted by Crippen LogP contribution is -2.57. The molecule has 4 rings (SSSR count). The van der Waals surface area contributed by atoms with Gasteiger partial charge in [0.05, 0.1) is 19.8 Å². The first kappa shape index (κ1) is 25.1. The lowest BCUT2D eigenvalue weighted by molar-refractivity contribution is -0.134. The van der Waals surface area contributed by atoms with E-state index in [0.717, 1.165) is 49.4 Å². The molecular formula is C27H34FN3O4. The number of rotatable bonds is 10. The fraction of sp³-hybridized carbons (Fsp3) is 0.481. The molecule has 2 heterocycles. The molecule has 2 aromatic rings. The van der Waals surface area contributed by atoms with Gasteiger partial charge in [-0.15, -0.1) is 0 Å². The van der Waals surface area contributed by atoms with Crippen LogP contribution >= 0.6 is 0 Å². The molecule has 0 bridgehead atoms. The first-order chi connectivity index (χ1) is 17.0. The molecule has 0 aromatic heterocycles. The van der Waals surface area contributed by atoms with E-state index >= 15 is 0 Å². The minimum absolute atomic E-state index is 0.0325. The number of urea groups is 1. The summed E-state index contributed by atoms with van der Waals surface area (Å²) < 4.78 is 24.4. The van der Waals surface area contributed by atoms with Crippen LogP contribution in [-0.4, -0.2) is 67.2 Å². The molecule has 7 nitrogen and oxygen atoms in total. The fourth-order valence-electron chi connectivity index (χ4n) is 5.25. The highest BCUT2D eigenvalue weighted by atomic mass is 19.1. The van der Waals surface area contributed by atoms with Crippen LogP contribution in [0.2, 0.25) is 0 Å². The van der Waals surface area contributed by atoms with Crippen molar-refractivity contribution >= 4 is 11.9 Å². The van der Waals surface area contributed by atoms with Gasteiger partial charge in [0, 0.05) is 25.6 Å². The molecule has 1 atom stereocenters. The predicted octanol–water partition coefficient (Wildman–Crippen LogP) is 3.62. The average molecular weight is 484 g/mol. The Morgan fingerprint density at radius 2 is 1.80 bits per heavy atom. The zero-order chi connectivity index (χ0) is 24.8. The van der Waals surface area contributed by atoms with E-state index in [-0.39, 0.29) is 36.8 Å². The normalized spacial score (nSPS) is 21.4. The van der Waals surface area contributed by atoms with Crippen LogP contribution < -0.4 is 10.1 Å². The highest BCUT2D eigenvalue weighted by Gasteiger charge is 2.55. The van der Waals surface area contributed by atoms with Crippen LogP contribution in [0, 0.1) is 11.7 Å². The molecule has 2 fully saturated rings. The molecule has 0 unspecified atom stereocenters. The predicted molar refractivity (Wildman–Crippen MR) is 131 cm³/mol. The third-order valence-corrected chi connectivity index (χ3v) is 7.07. The van der Waals surface area contributed by atoms with Crippen molar-refractivity contribution in [1.29, 1.82) is 0 Å². The number of imide groups is 1. The second-order valence-electron chi connectivity index (χ2n) is 9.25. The van der Waals surface area contributed by atoms with Gasteiger partial charge in [0.25, 0.3) is 5.91 Å². The molecule has 2 aliphatic heterocycles. The van der Waals surface area contributed by atoms with E-state index in [2.05, 4.69) is 16.3 Å². The minimum Gasteiger partial charge on any atom is -0.494 e. The van der Waals surface area contributed by atoms with Gasteiger partial charge >= 0.3 is 6.03 Å². The second kappa shape index (κ2) is 11.2. The van der Waals surface area contributed by atoms with Crippen LogP contribution in [0.4, 0.5) is 9.18 Å². The highest BCUT2D eigenvalue weighted by Crippen LogP contribution is 2.37. The number of piperidine rings is 1. The van der Waals surface area contributed by atoms with Crippen molar-refractivity contribution in [3.63, 3.8) is 0 Å². The van der Waals surface area contributed by atoms with Crippen molar-refractivity contribution in [2.75, 3.05) is 40.0 Å². The Balaban J connectivity index is 1.51. The lowest BCUT2D eigenvalue weighted by atomic mass is 9.74. The van der Waals surface area contributed by atoms with Crippen LogP contribution in [0.15, 0.2) is 48.5 Å². The van der Waals surface area contributed by atoms with Gasteiger partial charge in [-0.3, -0.25) is 14.6 Å². The summed E-state index contributed by atoms with van der Waals surface area (Å²) >= 11 is 0. The first-order valence-corrected chi connectivity index (χ1v) is 12.3. The Morgan fingerprint density at radius 1 is 1.09 bits per heavy atom. The summed E-state index contributed by atoms with van der Waals surface area (Å²) in [5, 5.41) is 3.05. The van der Waals surface area contributed by atoms with Gasteiger partial charge in [-0.1, -0.05) is 30.3 Å². The number of methoxy groups -OCH3 is 1. The Kier molecular flexibility index (Phi) is 8.03. The number of para-hydroxylation sites is 1. The SMILES string of the molecule is CCOc1ccccc1CN1CCC([C@]2(Cc3ccc(F)cc3)NC(=O)N(CCOC)C2=O)CC1. The van der Waals surface area contributed by atoms with E-state index in [4.69, 9.17) is 9.47 Å². The maximum atomic E-state index is 13.7. The molecule has 2 aromatic carbocycles. The topological polar surface area (TPSA) is 71.1 Å². The van der Waals surface area contributed by atoms with E-state index in [0.29, 0.717) is 13.0 Å². The van der Waals surface area contributed by atoms with Crippen LogP contribution in [0.25, 0.3) is 0 Å². The van der Waals surface area contributed by atoms with Crippen molar-refractivity contribution in [1.82, 2.24) is 15.1 Å². The number of benzene rings is 2. The van der Waals surface area contributed by atoms with Crippen LogP contribution in [0.3, 0.4) is 0 Å². The molecule has 0 aliphatic carbocycles. The third kappa shape index (κ3) is 5.49. The number of amides is 3. The minimum atomic E-state index is -1.04. The van der Waals surface area contributed by atoms with E-state index in [1.54, 1.807) is 19.2 Å². The summed E-state index contributed by atoms with van der Waals surface area (Å²) in [5.74, 6) is 0.322. The van der Waals surface area contributed by atoms with Gasteiger partial charge in [0.15, 0.2) is 0 Å². The van der Waals surface area contributed by atoms with Crippen molar-refractivity contribution in [2.24, 2.45) is 5.92 Å². The molecule has 1 N–H and O–H groups in total. The molecule has 8 heteroatoms. The third-order valence-electron chi connectivity index (χ3n) is 7.07. The molecule has 2 aliphatic rings. The summed E-state index contributed by atoms with van der Waals surface area (Å²) in [6.45, 7) is 5.46. The molecular weight excluding hydrogens is 449 g/mol. The number of halogens is 1. The first-order valence-electron chi connectivity index (χ1n) is 12.3. The monoisotopic (exact) mass is 483 g/mol. The van der Waals surface area contributed by atoms with Crippen molar-refractivity contribution in [3.05, 3.63) is 65.5 Å². The fourth-order valence-corrected chi connectivity index (χ4v) is 5.25. The van der Waals surface area contributed by atoms with Gasteiger partial charge in [-0.2, -0.15) is 0 Å². The molecule has 0 radical (unpaired) electrons. The smallest absolute Gasteiger partial charge is 0.325 e. The van der Waals surface area contributed by atoms with Gasteiger partial charge in [0.1, 0.15) is 17.1 Å². The molecule has 35 heavy (non-hydrogen) atoms. The van der Waals surface area contributed by atoms with Crippen molar-refractivity contribution in [2.45, 2.75) is 38.3 Å². The Hall–Kier alpha value is -2.97. The van der Waals surface area contributed by atoms with Gasteiger partial charge in [-0.05, 0) is 62.5 Å². The van der Waals surface area contributed by atoms with E-state index in [1.165, 1.54) is 17.0 Å². The van der Waals surface area contributed by atoms with Crippen molar-refractivity contribution in [3.8, 4) is 5.75 Å². The zero-order valence-corrected chi connectivity index (χ0v) is 20.5. The maximum absolute atomic E-state index is 13.7. The molecule has 3 amide bonds. The summed E-state index contributed by atoms with van der Waals surface area (Å²) in [4.78, 5) is 30.2. The highest BCUT2D eigenvalue weighted by molar-refractivity contribution is 6.07. The summed E-state index contributed by atoms with van der Waals surface area (Å²) in [7, 11) is 1.55. The number of carbonyl (C=O) groups is 2. The molecule has 0 saturated carbocycles. The largest absolute Gasteiger partial charge is 0.494 e. The molecule has 2 saturated heterocycles. The van der Waals surface area contributed by atoms with E-state index in [9.17, 15) is 14.0 Å². The number of carbonyl (C=O) groups excluding carboxylic acids is 2. The second-order valence-corrected chi connectivity index (χ2v) is 9.25. The van der Waals surface area contributed by atoms with Gasteiger partial charge in [0.2, 0.25) is 0 Å². The van der Waals surface area contributed by atoms with Crippen LogP contribution in [0.1, 0.15) is 30.9 Å². The van der Waals surface area contributed by atoms with Crippen molar-refractivity contribution < 1.29 is 23.5 Å². The maximum Gasteiger partial charge on any atom is 0.325 e.